The highest BCUT2D eigenvalue weighted by atomic mass is 19.4. The molecule has 4 rings (SSSR count). The van der Waals surface area contributed by atoms with Crippen LogP contribution in [0.25, 0.3) is 0 Å². The van der Waals surface area contributed by atoms with Gasteiger partial charge in [0.1, 0.15) is 16.9 Å². The van der Waals surface area contributed by atoms with Gasteiger partial charge in [0.05, 0.1) is 6.26 Å². The standard InChI is InChI=1S/C22H24F3N3O4/c23-22(24,25)19(17-7-4-10-32-17)27-21(31)16-12-28(14-8-9-14)11-15(18(16)29)20(30)26-13-5-2-1-3-6-13/h4,7,10-14,19H,1-3,5-6,8-9H2,(H,26,30)(H,27,31). The first-order chi connectivity index (χ1) is 15.2. The van der Waals surface area contributed by atoms with Gasteiger partial charge in [0.25, 0.3) is 11.8 Å². The lowest BCUT2D eigenvalue weighted by atomic mass is 9.95. The van der Waals surface area contributed by atoms with Crippen molar-refractivity contribution in [3.63, 3.8) is 0 Å². The third-order valence-electron chi connectivity index (χ3n) is 5.87. The molecular weight excluding hydrogens is 427 g/mol. The van der Waals surface area contributed by atoms with Crippen LogP contribution in [-0.4, -0.2) is 28.6 Å². The zero-order valence-corrected chi connectivity index (χ0v) is 17.3. The number of rotatable bonds is 6. The van der Waals surface area contributed by atoms with Crippen molar-refractivity contribution in [2.75, 3.05) is 0 Å². The molecule has 2 saturated carbocycles. The monoisotopic (exact) mass is 451 g/mol. The highest BCUT2D eigenvalue weighted by molar-refractivity contribution is 5.99. The zero-order valence-electron chi connectivity index (χ0n) is 17.3. The van der Waals surface area contributed by atoms with Crippen molar-refractivity contribution in [2.45, 2.75) is 69.2 Å². The minimum Gasteiger partial charge on any atom is -0.467 e. The summed E-state index contributed by atoms with van der Waals surface area (Å²) >= 11 is 0. The predicted molar refractivity (Wildman–Crippen MR) is 108 cm³/mol. The number of hydrogen-bond donors (Lipinski definition) is 2. The van der Waals surface area contributed by atoms with Crippen LogP contribution in [-0.2, 0) is 0 Å². The van der Waals surface area contributed by atoms with Gasteiger partial charge in [0.2, 0.25) is 5.43 Å². The van der Waals surface area contributed by atoms with E-state index < -0.39 is 40.8 Å². The van der Waals surface area contributed by atoms with Crippen LogP contribution in [0.3, 0.4) is 0 Å². The fourth-order valence-electron chi connectivity index (χ4n) is 3.99. The Balaban J connectivity index is 1.63. The average Bonchev–Trinajstić information content (AvgIpc) is 3.46. The summed E-state index contributed by atoms with van der Waals surface area (Å²) < 4.78 is 47.0. The Morgan fingerprint density at radius 3 is 2.25 bits per heavy atom. The molecule has 0 spiro atoms. The number of nitrogens with zero attached hydrogens (tertiary/aromatic N) is 1. The van der Waals surface area contributed by atoms with Gasteiger partial charge in [-0.15, -0.1) is 0 Å². The summed E-state index contributed by atoms with van der Waals surface area (Å²) in [6.45, 7) is 0. The van der Waals surface area contributed by atoms with Gasteiger partial charge in [-0.2, -0.15) is 13.2 Å². The largest absolute Gasteiger partial charge is 0.467 e. The number of pyridine rings is 1. The number of furan rings is 1. The molecule has 1 unspecified atom stereocenters. The van der Waals surface area contributed by atoms with Crippen LogP contribution in [0.5, 0.6) is 0 Å². The highest BCUT2D eigenvalue weighted by Crippen LogP contribution is 2.35. The maximum Gasteiger partial charge on any atom is 0.415 e. The Labute approximate surface area is 182 Å². The predicted octanol–water partition coefficient (Wildman–Crippen LogP) is 3.87. The molecule has 10 heteroatoms. The molecule has 2 fully saturated rings. The van der Waals surface area contributed by atoms with E-state index in [0.717, 1.165) is 57.3 Å². The Hall–Kier alpha value is -3.04. The topological polar surface area (TPSA) is 93.3 Å². The number of aromatic nitrogens is 1. The minimum absolute atomic E-state index is 0.00636. The Bertz CT molecular complexity index is 1040. The molecule has 2 amide bonds. The van der Waals surface area contributed by atoms with E-state index in [1.807, 2.05) is 5.32 Å². The molecule has 1 atom stereocenters. The van der Waals surface area contributed by atoms with E-state index in [1.54, 1.807) is 4.57 Å². The van der Waals surface area contributed by atoms with Crippen LogP contribution in [0, 0.1) is 0 Å². The van der Waals surface area contributed by atoms with E-state index in [4.69, 9.17) is 4.42 Å². The maximum atomic E-state index is 13.5. The molecular formula is C22H24F3N3O4. The van der Waals surface area contributed by atoms with Crippen LogP contribution >= 0.6 is 0 Å². The van der Waals surface area contributed by atoms with Gasteiger partial charge in [-0.05, 0) is 37.8 Å². The Morgan fingerprint density at radius 1 is 1.03 bits per heavy atom. The molecule has 2 aliphatic rings. The smallest absolute Gasteiger partial charge is 0.415 e. The molecule has 0 saturated heterocycles. The number of nitrogens with one attached hydrogen (secondary N) is 2. The van der Waals surface area contributed by atoms with Crippen molar-refractivity contribution >= 4 is 11.8 Å². The number of amides is 2. The van der Waals surface area contributed by atoms with E-state index in [2.05, 4.69) is 5.32 Å². The normalized spacial score (nSPS) is 18.2. The van der Waals surface area contributed by atoms with Gasteiger partial charge in [0.15, 0.2) is 6.04 Å². The Kier molecular flexibility index (Phi) is 6.12. The highest BCUT2D eigenvalue weighted by Gasteiger charge is 2.44. The quantitative estimate of drug-likeness (QED) is 0.697. The second kappa shape index (κ2) is 8.84. The van der Waals surface area contributed by atoms with E-state index in [1.165, 1.54) is 18.5 Å². The first kappa shape index (κ1) is 22.2. The van der Waals surface area contributed by atoms with Crippen molar-refractivity contribution in [3.8, 4) is 0 Å². The first-order valence-electron chi connectivity index (χ1n) is 10.7. The molecule has 2 aromatic rings. The molecule has 0 aromatic carbocycles. The van der Waals surface area contributed by atoms with Gasteiger partial charge in [-0.3, -0.25) is 14.4 Å². The van der Waals surface area contributed by atoms with Gasteiger partial charge in [-0.1, -0.05) is 19.3 Å². The number of carbonyl (C=O) groups excluding carboxylic acids is 2. The van der Waals surface area contributed by atoms with E-state index in [9.17, 15) is 27.6 Å². The first-order valence-corrected chi connectivity index (χ1v) is 10.7. The van der Waals surface area contributed by atoms with Crippen molar-refractivity contribution < 1.29 is 27.2 Å². The molecule has 172 valence electrons. The van der Waals surface area contributed by atoms with E-state index >= 15 is 0 Å². The van der Waals surface area contributed by atoms with E-state index in [0.29, 0.717) is 0 Å². The molecule has 0 bridgehead atoms. The lowest BCUT2D eigenvalue weighted by molar-refractivity contribution is -0.159. The third kappa shape index (κ3) is 4.89. The van der Waals surface area contributed by atoms with Crippen molar-refractivity contribution in [1.29, 1.82) is 0 Å². The molecule has 2 N–H and O–H groups in total. The molecule has 7 nitrogen and oxygen atoms in total. The van der Waals surface area contributed by atoms with Gasteiger partial charge in [0, 0.05) is 24.5 Å². The second-order valence-electron chi connectivity index (χ2n) is 8.36. The summed E-state index contributed by atoms with van der Waals surface area (Å²) in [5, 5.41) is 4.68. The van der Waals surface area contributed by atoms with Gasteiger partial charge in [-0.25, -0.2) is 0 Å². The minimum atomic E-state index is -4.83. The summed E-state index contributed by atoms with van der Waals surface area (Å²) in [5.74, 6) is -2.32. The van der Waals surface area contributed by atoms with Crippen LogP contribution in [0.2, 0.25) is 0 Å². The molecule has 2 heterocycles. The van der Waals surface area contributed by atoms with E-state index in [-0.39, 0.29) is 17.6 Å². The number of hydrogen-bond acceptors (Lipinski definition) is 4. The molecule has 32 heavy (non-hydrogen) atoms. The molecule has 2 aromatic heterocycles. The van der Waals surface area contributed by atoms with Crippen LogP contribution < -0.4 is 16.1 Å². The third-order valence-corrected chi connectivity index (χ3v) is 5.87. The van der Waals surface area contributed by atoms with Crippen LogP contribution in [0.15, 0.2) is 40.0 Å². The molecule has 0 radical (unpaired) electrons. The summed E-state index contributed by atoms with van der Waals surface area (Å²) in [6, 6.07) is -0.104. The van der Waals surface area contributed by atoms with Gasteiger partial charge >= 0.3 is 6.18 Å². The Morgan fingerprint density at radius 2 is 1.69 bits per heavy atom. The van der Waals surface area contributed by atoms with Crippen LogP contribution in [0.1, 0.15) is 83.5 Å². The fraction of sp³-hybridized carbons (Fsp3) is 0.500. The number of carbonyl (C=O) groups is 2. The molecule has 2 aliphatic carbocycles. The van der Waals surface area contributed by atoms with Crippen LogP contribution in [0.4, 0.5) is 13.2 Å². The van der Waals surface area contributed by atoms with Crippen molar-refractivity contribution in [3.05, 3.63) is 57.9 Å². The lowest BCUT2D eigenvalue weighted by Gasteiger charge is -2.23. The summed E-state index contributed by atoms with van der Waals surface area (Å²) in [4.78, 5) is 38.6. The number of alkyl halides is 3. The van der Waals surface area contributed by atoms with Crippen molar-refractivity contribution in [1.82, 2.24) is 15.2 Å². The summed E-state index contributed by atoms with van der Waals surface area (Å²) in [6.07, 6.45) is 5.10. The lowest BCUT2D eigenvalue weighted by Crippen LogP contribution is -2.42. The summed E-state index contributed by atoms with van der Waals surface area (Å²) in [5.41, 5.74) is -1.64. The average molecular weight is 451 g/mol. The SMILES string of the molecule is O=C(NC1CCCCC1)c1cn(C2CC2)cc(C(=O)NC(c2ccco2)C(F)(F)F)c1=O. The number of halogens is 3. The zero-order chi connectivity index (χ0) is 22.9. The van der Waals surface area contributed by atoms with Gasteiger partial charge < -0.3 is 19.6 Å². The summed E-state index contributed by atoms with van der Waals surface area (Å²) in [7, 11) is 0. The van der Waals surface area contributed by atoms with Crippen molar-refractivity contribution in [2.24, 2.45) is 0 Å². The second-order valence-corrected chi connectivity index (χ2v) is 8.36. The molecule has 0 aliphatic heterocycles. The fourth-order valence-corrected chi connectivity index (χ4v) is 3.99. The maximum absolute atomic E-state index is 13.5.